The summed E-state index contributed by atoms with van der Waals surface area (Å²) in [5.74, 6) is -0.196. The molecule has 1 fully saturated rings. The molecule has 2 rings (SSSR count). The fraction of sp³-hybridized carbons (Fsp3) is 0.706. The van der Waals surface area contributed by atoms with Gasteiger partial charge in [0.2, 0.25) is 10.0 Å². The van der Waals surface area contributed by atoms with Crippen molar-refractivity contribution in [2.45, 2.75) is 44.8 Å². The van der Waals surface area contributed by atoms with E-state index in [0.717, 1.165) is 25.5 Å². The van der Waals surface area contributed by atoms with Crippen molar-refractivity contribution in [3.05, 3.63) is 29.8 Å². The highest BCUT2D eigenvalue weighted by molar-refractivity contribution is 7.88. The van der Waals surface area contributed by atoms with E-state index >= 15 is 0 Å². The Hall–Kier alpha value is -1.09. The Labute approximate surface area is 149 Å². The van der Waals surface area contributed by atoms with Gasteiger partial charge >= 0.3 is 0 Å². The second kappa shape index (κ2) is 8.07. The van der Waals surface area contributed by atoms with E-state index in [2.05, 4.69) is 10.3 Å². The van der Waals surface area contributed by atoms with Crippen molar-refractivity contribution in [3.63, 3.8) is 0 Å². The maximum atomic E-state index is 13.2. The molecular weight excluding hydrogens is 345 g/mol. The molecule has 1 aliphatic heterocycles. The van der Waals surface area contributed by atoms with Crippen molar-refractivity contribution in [3.8, 4) is 0 Å². The Bertz CT molecular complexity index is 681. The molecule has 2 atom stereocenters. The first kappa shape index (κ1) is 20.2. The molecule has 25 heavy (non-hydrogen) atoms. The zero-order chi connectivity index (χ0) is 18.7. The molecule has 0 bridgehead atoms. The third-order valence-corrected chi connectivity index (χ3v) is 5.90. The number of pyridine rings is 1. The van der Waals surface area contributed by atoms with Crippen LogP contribution in [0, 0.1) is 11.7 Å². The number of β-amino-alcohol motifs (C(OH)–C–C–N with tert-alkyl or cyclic N) is 1. The first-order valence-electron chi connectivity index (χ1n) is 8.55. The third kappa shape index (κ3) is 6.29. The van der Waals surface area contributed by atoms with Crippen molar-refractivity contribution in [2.24, 2.45) is 5.92 Å². The lowest BCUT2D eigenvalue weighted by atomic mass is 9.86. The summed E-state index contributed by atoms with van der Waals surface area (Å²) in [6, 6.07) is 1.28. The summed E-state index contributed by atoms with van der Waals surface area (Å²) in [6.45, 7) is 5.47. The van der Waals surface area contributed by atoms with Crippen LogP contribution in [-0.2, 0) is 10.0 Å². The highest BCUT2D eigenvalue weighted by Gasteiger charge is 2.30. The average molecular weight is 373 g/mol. The first-order chi connectivity index (χ1) is 11.6. The molecule has 0 amide bonds. The largest absolute Gasteiger partial charge is 0.387 e. The first-order valence-corrected chi connectivity index (χ1v) is 10.4. The van der Waals surface area contributed by atoms with Crippen molar-refractivity contribution in [2.75, 3.05) is 25.9 Å². The van der Waals surface area contributed by atoms with E-state index in [0.29, 0.717) is 18.7 Å². The van der Waals surface area contributed by atoms with Gasteiger partial charge in [-0.1, -0.05) is 0 Å². The maximum Gasteiger partial charge on any atom is 0.211 e. The molecule has 6 nitrogen and oxygen atoms in total. The van der Waals surface area contributed by atoms with Crippen LogP contribution in [0.1, 0.15) is 44.8 Å². The fourth-order valence-corrected chi connectivity index (χ4v) is 4.33. The second-order valence-electron chi connectivity index (χ2n) is 7.55. The Morgan fingerprint density at radius 3 is 2.84 bits per heavy atom. The van der Waals surface area contributed by atoms with E-state index in [1.807, 2.05) is 13.8 Å². The maximum absolute atomic E-state index is 13.2. The quantitative estimate of drug-likeness (QED) is 0.760. The van der Waals surface area contributed by atoms with Gasteiger partial charge in [-0.25, -0.2) is 17.1 Å². The molecule has 1 aromatic rings. The number of aliphatic hydroxyl groups excluding tert-OH is 1. The molecule has 8 heteroatoms. The van der Waals surface area contributed by atoms with Crippen molar-refractivity contribution in [1.29, 1.82) is 0 Å². The van der Waals surface area contributed by atoms with E-state index < -0.39 is 21.9 Å². The molecule has 0 spiro atoms. The molecule has 2 heterocycles. The van der Waals surface area contributed by atoms with Crippen LogP contribution in [0.3, 0.4) is 0 Å². The molecule has 0 saturated carbocycles. The topological polar surface area (TPSA) is 82.5 Å². The number of hydrogen-bond donors (Lipinski definition) is 2. The standard InChI is InChI=1S/C17H28FN3O3S/c1-17(2,8-13-5-4-6-21(12-13)25(3,23)24)20-11-16(22)14-7-15(18)10-19-9-14/h7,9-10,13,16,20,22H,4-6,8,11-12H2,1-3H3/t13-,16-/m0/s1. The van der Waals surface area contributed by atoms with Crippen molar-refractivity contribution >= 4 is 10.0 Å². The summed E-state index contributed by atoms with van der Waals surface area (Å²) in [5, 5.41) is 13.5. The lowest BCUT2D eigenvalue weighted by molar-refractivity contribution is 0.147. The van der Waals surface area contributed by atoms with E-state index in [9.17, 15) is 17.9 Å². The second-order valence-corrected chi connectivity index (χ2v) is 9.53. The zero-order valence-corrected chi connectivity index (χ0v) is 15.9. The van der Waals surface area contributed by atoms with Gasteiger partial charge in [0, 0.05) is 36.9 Å². The summed E-state index contributed by atoms with van der Waals surface area (Å²) >= 11 is 0. The van der Waals surface area contributed by atoms with Gasteiger partial charge in [-0.3, -0.25) is 4.98 Å². The Kier molecular flexibility index (Phi) is 6.53. The normalized spacial score (nSPS) is 21.2. The molecule has 142 valence electrons. The van der Waals surface area contributed by atoms with Crippen LogP contribution in [0.2, 0.25) is 0 Å². The van der Waals surface area contributed by atoms with E-state index in [4.69, 9.17) is 0 Å². The summed E-state index contributed by atoms with van der Waals surface area (Å²) in [5.41, 5.74) is 0.164. The van der Waals surface area contributed by atoms with E-state index in [1.165, 1.54) is 18.5 Å². The Morgan fingerprint density at radius 2 is 2.20 bits per heavy atom. The lowest BCUT2D eigenvalue weighted by Crippen LogP contribution is -2.46. The summed E-state index contributed by atoms with van der Waals surface area (Å²) < 4.78 is 38.2. The lowest BCUT2D eigenvalue weighted by Gasteiger charge is -2.36. The number of sulfonamides is 1. The molecular formula is C17H28FN3O3S. The van der Waals surface area contributed by atoms with Gasteiger partial charge in [0.25, 0.3) is 0 Å². The van der Waals surface area contributed by atoms with Gasteiger partial charge in [0.1, 0.15) is 5.82 Å². The monoisotopic (exact) mass is 373 g/mol. The number of hydrogen-bond acceptors (Lipinski definition) is 5. The highest BCUT2D eigenvalue weighted by atomic mass is 32.2. The summed E-state index contributed by atoms with van der Waals surface area (Å²) in [4.78, 5) is 3.75. The molecule has 0 unspecified atom stereocenters. The number of aromatic nitrogens is 1. The number of nitrogens with one attached hydrogen (secondary N) is 1. The van der Waals surface area contributed by atoms with Crippen LogP contribution in [-0.4, -0.2) is 54.2 Å². The number of halogens is 1. The van der Waals surface area contributed by atoms with Gasteiger partial charge in [-0.05, 0) is 45.1 Å². The van der Waals surface area contributed by atoms with Crippen LogP contribution in [0.4, 0.5) is 4.39 Å². The summed E-state index contributed by atoms with van der Waals surface area (Å²) in [7, 11) is -3.15. The molecule has 1 saturated heterocycles. The number of nitrogens with zero attached hydrogens (tertiary/aromatic N) is 2. The van der Waals surface area contributed by atoms with Gasteiger partial charge in [-0.2, -0.15) is 0 Å². The molecule has 2 N–H and O–H groups in total. The minimum absolute atomic E-state index is 0.271. The fourth-order valence-electron chi connectivity index (χ4n) is 3.39. The van der Waals surface area contributed by atoms with Gasteiger partial charge < -0.3 is 10.4 Å². The molecule has 0 aliphatic carbocycles. The Morgan fingerprint density at radius 1 is 1.48 bits per heavy atom. The van der Waals surface area contributed by atoms with Crippen LogP contribution >= 0.6 is 0 Å². The number of rotatable bonds is 7. The number of aliphatic hydroxyl groups is 1. The van der Waals surface area contributed by atoms with Crippen molar-refractivity contribution < 1.29 is 17.9 Å². The minimum atomic E-state index is -3.15. The third-order valence-electron chi connectivity index (χ3n) is 4.63. The molecule has 0 aromatic carbocycles. The predicted octanol–water partition coefficient (Wildman–Crippen LogP) is 1.68. The van der Waals surface area contributed by atoms with Crippen LogP contribution in [0.25, 0.3) is 0 Å². The van der Waals surface area contributed by atoms with Crippen molar-refractivity contribution in [1.82, 2.24) is 14.6 Å². The van der Waals surface area contributed by atoms with E-state index in [1.54, 1.807) is 4.31 Å². The van der Waals surface area contributed by atoms with Gasteiger partial charge in [0.05, 0.1) is 18.6 Å². The summed E-state index contributed by atoms with van der Waals surface area (Å²) in [6.07, 6.45) is 5.62. The smallest absolute Gasteiger partial charge is 0.211 e. The van der Waals surface area contributed by atoms with E-state index in [-0.39, 0.29) is 18.0 Å². The van der Waals surface area contributed by atoms with Gasteiger partial charge in [0.15, 0.2) is 0 Å². The van der Waals surface area contributed by atoms with Crippen LogP contribution < -0.4 is 5.32 Å². The van der Waals surface area contributed by atoms with Crippen LogP contribution in [0.5, 0.6) is 0 Å². The van der Waals surface area contributed by atoms with Crippen LogP contribution in [0.15, 0.2) is 18.5 Å². The zero-order valence-electron chi connectivity index (χ0n) is 15.1. The Balaban J connectivity index is 1.88. The minimum Gasteiger partial charge on any atom is -0.387 e. The molecule has 1 aromatic heterocycles. The van der Waals surface area contributed by atoms with Gasteiger partial charge in [-0.15, -0.1) is 0 Å². The highest BCUT2D eigenvalue weighted by Crippen LogP contribution is 2.27. The number of piperidine rings is 1. The molecule has 1 aliphatic rings. The predicted molar refractivity (Wildman–Crippen MR) is 95.0 cm³/mol. The molecule has 0 radical (unpaired) electrons. The average Bonchev–Trinajstić information content (AvgIpc) is 2.52. The SMILES string of the molecule is CC(C)(C[C@@H]1CCCN(S(C)(=O)=O)C1)NC[C@H](O)c1cncc(F)c1.